The molecule has 0 unspecified atom stereocenters. The fraction of sp³-hybridized carbons (Fsp3) is 0.562. The van der Waals surface area contributed by atoms with Gasteiger partial charge in [0.25, 0.3) is 5.91 Å². The van der Waals surface area contributed by atoms with E-state index < -0.39 is 0 Å². The SMILES string of the molecule is Cc1ccc(CN(C)C(=O)c2nnn(C3CCNCC3)c2C)s1.Cl. The summed E-state index contributed by atoms with van der Waals surface area (Å²) in [5.41, 5.74) is 1.34. The van der Waals surface area contributed by atoms with Crippen molar-refractivity contribution in [1.82, 2.24) is 25.2 Å². The van der Waals surface area contributed by atoms with Crippen molar-refractivity contribution in [3.63, 3.8) is 0 Å². The van der Waals surface area contributed by atoms with Crippen molar-refractivity contribution in [2.75, 3.05) is 20.1 Å². The van der Waals surface area contributed by atoms with Crippen molar-refractivity contribution in [1.29, 1.82) is 0 Å². The highest BCUT2D eigenvalue weighted by molar-refractivity contribution is 7.11. The van der Waals surface area contributed by atoms with E-state index >= 15 is 0 Å². The maximum atomic E-state index is 12.7. The second kappa shape index (κ2) is 8.09. The van der Waals surface area contributed by atoms with Gasteiger partial charge in [0, 0.05) is 16.8 Å². The highest BCUT2D eigenvalue weighted by atomic mass is 35.5. The molecule has 1 aliphatic rings. The Kier molecular flexibility index (Phi) is 6.37. The molecule has 0 aromatic carbocycles. The molecule has 6 nitrogen and oxygen atoms in total. The monoisotopic (exact) mass is 369 g/mol. The Morgan fingerprint density at radius 3 is 2.71 bits per heavy atom. The van der Waals surface area contributed by atoms with Crippen LogP contribution in [0.3, 0.4) is 0 Å². The number of amides is 1. The van der Waals surface area contributed by atoms with Crippen LogP contribution < -0.4 is 5.32 Å². The Morgan fingerprint density at radius 1 is 1.38 bits per heavy atom. The molecule has 8 heteroatoms. The zero-order valence-electron chi connectivity index (χ0n) is 14.3. The van der Waals surface area contributed by atoms with Gasteiger partial charge >= 0.3 is 0 Å². The standard InChI is InChI=1S/C16H23N5OS.ClH/c1-11-4-5-14(23-11)10-20(3)16(22)15-12(2)21(19-18-15)13-6-8-17-9-7-13;/h4-5,13,17H,6-10H2,1-3H3;1H. The van der Waals surface area contributed by atoms with Gasteiger partial charge in [-0.05, 0) is 51.9 Å². The summed E-state index contributed by atoms with van der Waals surface area (Å²) in [6, 6.07) is 4.50. The van der Waals surface area contributed by atoms with Crippen LogP contribution in [0.2, 0.25) is 0 Å². The maximum absolute atomic E-state index is 12.7. The minimum atomic E-state index is -0.0614. The fourth-order valence-electron chi connectivity index (χ4n) is 2.99. The van der Waals surface area contributed by atoms with Crippen molar-refractivity contribution in [3.05, 3.63) is 33.3 Å². The van der Waals surface area contributed by atoms with Gasteiger partial charge in [-0.15, -0.1) is 28.8 Å². The predicted octanol–water partition coefficient (Wildman–Crippen LogP) is 2.57. The van der Waals surface area contributed by atoms with Crippen molar-refractivity contribution < 1.29 is 4.79 Å². The summed E-state index contributed by atoms with van der Waals surface area (Å²) in [5.74, 6) is -0.0614. The minimum Gasteiger partial charge on any atom is -0.335 e. The lowest BCUT2D eigenvalue weighted by Gasteiger charge is -2.23. The van der Waals surface area contributed by atoms with Gasteiger partial charge in [0.15, 0.2) is 5.69 Å². The maximum Gasteiger partial charge on any atom is 0.276 e. The molecule has 0 atom stereocenters. The van der Waals surface area contributed by atoms with Crippen LogP contribution in [0.25, 0.3) is 0 Å². The van der Waals surface area contributed by atoms with Gasteiger partial charge in [0.05, 0.1) is 18.3 Å². The van der Waals surface area contributed by atoms with E-state index in [0.29, 0.717) is 18.3 Å². The number of aryl methyl sites for hydroxylation is 1. The normalized spacial score (nSPS) is 15.1. The van der Waals surface area contributed by atoms with E-state index in [1.807, 2.05) is 18.7 Å². The van der Waals surface area contributed by atoms with E-state index in [1.165, 1.54) is 9.75 Å². The number of aromatic nitrogens is 3. The predicted molar refractivity (Wildman–Crippen MR) is 98.0 cm³/mol. The summed E-state index contributed by atoms with van der Waals surface area (Å²) in [6.45, 7) is 6.61. The molecule has 1 aliphatic heterocycles. The quantitative estimate of drug-likeness (QED) is 0.899. The summed E-state index contributed by atoms with van der Waals surface area (Å²) in [5, 5.41) is 11.8. The third-order valence-corrected chi connectivity index (χ3v) is 5.31. The second-order valence-electron chi connectivity index (χ2n) is 6.12. The summed E-state index contributed by atoms with van der Waals surface area (Å²) in [6.07, 6.45) is 2.06. The lowest BCUT2D eigenvalue weighted by Crippen LogP contribution is -2.30. The van der Waals surface area contributed by atoms with Crippen molar-refractivity contribution >= 4 is 29.7 Å². The first-order valence-corrected chi connectivity index (χ1v) is 8.81. The number of nitrogens with zero attached hydrogens (tertiary/aromatic N) is 4. The molecule has 1 fully saturated rings. The van der Waals surface area contributed by atoms with E-state index in [4.69, 9.17) is 0 Å². The molecular formula is C16H24ClN5OS. The van der Waals surface area contributed by atoms with Gasteiger partial charge in [-0.1, -0.05) is 5.21 Å². The fourth-order valence-corrected chi connectivity index (χ4v) is 3.94. The number of piperidine rings is 1. The van der Waals surface area contributed by atoms with E-state index in [0.717, 1.165) is 31.6 Å². The number of carbonyl (C=O) groups is 1. The number of hydrogen-bond acceptors (Lipinski definition) is 5. The largest absolute Gasteiger partial charge is 0.335 e. The minimum absolute atomic E-state index is 0. The van der Waals surface area contributed by atoms with Gasteiger partial charge in [-0.2, -0.15) is 0 Å². The van der Waals surface area contributed by atoms with Gasteiger partial charge in [0.2, 0.25) is 0 Å². The van der Waals surface area contributed by atoms with Crippen molar-refractivity contribution in [3.8, 4) is 0 Å². The van der Waals surface area contributed by atoms with Crippen LogP contribution in [0.15, 0.2) is 12.1 Å². The molecule has 1 saturated heterocycles. The summed E-state index contributed by atoms with van der Waals surface area (Å²) in [4.78, 5) is 16.8. The van der Waals surface area contributed by atoms with Gasteiger partial charge < -0.3 is 10.2 Å². The summed E-state index contributed by atoms with van der Waals surface area (Å²) < 4.78 is 1.93. The summed E-state index contributed by atoms with van der Waals surface area (Å²) in [7, 11) is 1.82. The van der Waals surface area contributed by atoms with Crippen LogP contribution in [-0.2, 0) is 6.54 Å². The molecule has 0 radical (unpaired) electrons. The third kappa shape index (κ3) is 3.96. The highest BCUT2D eigenvalue weighted by Crippen LogP contribution is 2.22. The van der Waals surface area contributed by atoms with E-state index in [1.54, 1.807) is 16.2 Å². The first kappa shape index (κ1) is 18.9. The average molecular weight is 370 g/mol. The van der Waals surface area contributed by atoms with Crippen molar-refractivity contribution in [2.45, 2.75) is 39.3 Å². The Morgan fingerprint density at radius 2 is 2.08 bits per heavy atom. The van der Waals surface area contributed by atoms with E-state index in [-0.39, 0.29) is 18.3 Å². The molecule has 1 N–H and O–H groups in total. The number of halogens is 1. The number of carbonyl (C=O) groups excluding carboxylic acids is 1. The molecule has 24 heavy (non-hydrogen) atoms. The Balaban J connectivity index is 0.00000208. The van der Waals surface area contributed by atoms with Crippen LogP contribution in [0.5, 0.6) is 0 Å². The number of nitrogens with one attached hydrogen (secondary N) is 1. The van der Waals surface area contributed by atoms with E-state index in [2.05, 4.69) is 34.7 Å². The Bertz CT molecular complexity index is 692. The van der Waals surface area contributed by atoms with Crippen molar-refractivity contribution in [2.24, 2.45) is 0 Å². The molecule has 0 saturated carbocycles. The molecule has 0 spiro atoms. The van der Waals surface area contributed by atoms with Crippen LogP contribution in [-0.4, -0.2) is 45.9 Å². The van der Waals surface area contributed by atoms with Crippen LogP contribution in [0, 0.1) is 13.8 Å². The molecule has 2 aromatic heterocycles. The van der Waals surface area contributed by atoms with Gasteiger partial charge in [0.1, 0.15) is 0 Å². The first-order chi connectivity index (χ1) is 11.1. The lowest BCUT2D eigenvalue weighted by atomic mass is 10.1. The highest BCUT2D eigenvalue weighted by Gasteiger charge is 2.24. The number of hydrogen-bond donors (Lipinski definition) is 1. The smallest absolute Gasteiger partial charge is 0.276 e. The summed E-state index contributed by atoms with van der Waals surface area (Å²) >= 11 is 1.72. The van der Waals surface area contributed by atoms with Gasteiger partial charge in [-0.3, -0.25) is 4.79 Å². The first-order valence-electron chi connectivity index (χ1n) is 7.99. The molecule has 3 heterocycles. The Labute approximate surface area is 152 Å². The molecular weight excluding hydrogens is 346 g/mol. The number of rotatable bonds is 4. The zero-order valence-corrected chi connectivity index (χ0v) is 15.9. The number of thiophene rings is 1. The Hall–Kier alpha value is -1.44. The topological polar surface area (TPSA) is 63.1 Å². The third-order valence-electron chi connectivity index (χ3n) is 4.32. The molecule has 2 aromatic rings. The second-order valence-corrected chi connectivity index (χ2v) is 7.50. The molecule has 0 bridgehead atoms. The van der Waals surface area contributed by atoms with Crippen LogP contribution in [0.1, 0.15) is 44.8 Å². The molecule has 132 valence electrons. The van der Waals surface area contributed by atoms with Crippen LogP contribution in [0.4, 0.5) is 0 Å². The molecule has 1 amide bonds. The van der Waals surface area contributed by atoms with Crippen LogP contribution >= 0.6 is 23.7 Å². The lowest BCUT2D eigenvalue weighted by molar-refractivity contribution is 0.0779. The molecule has 3 rings (SSSR count). The average Bonchev–Trinajstić information content (AvgIpc) is 3.13. The van der Waals surface area contributed by atoms with Gasteiger partial charge in [-0.25, -0.2) is 4.68 Å². The molecule has 0 aliphatic carbocycles. The van der Waals surface area contributed by atoms with E-state index in [9.17, 15) is 4.79 Å². The zero-order chi connectivity index (χ0) is 16.4.